The smallest absolute Gasteiger partial charge is 0.331 e. The minimum atomic E-state index is -0.799. The first-order chi connectivity index (χ1) is 11.0. The van der Waals surface area contributed by atoms with Crippen molar-refractivity contribution in [2.24, 2.45) is 0 Å². The number of carbonyl (C=O) groups excluding carboxylic acids is 3. The van der Waals surface area contributed by atoms with E-state index < -0.39 is 30.3 Å². The zero-order chi connectivity index (χ0) is 17.2. The van der Waals surface area contributed by atoms with Crippen LogP contribution in [0.5, 0.6) is 5.75 Å². The van der Waals surface area contributed by atoms with Crippen molar-refractivity contribution in [2.75, 3.05) is 20.3 Å². The number of benzene rings is 1. The summed E-state index contributed by atoms with van der Waals surface area (Å²) in [7, 11) is 1.34. The fraction of sp³-hybridized carbons (Fsp3) is 0.267. The third-order valence-electron chi connectivity index (χ3n) is 2.52. The largest absolute Gasteiger partial charge is 0.494 e. The van der Waals surface area contributed by atoms with Crippen molar-refractivity contribution in [3.05, 3.63) is 35.7 Å². The Morgan fingerprint density at radius 3 is 2.65 bits per heavy atom. The van der Waals surface area contributed by atoms with Gasteiger partial charge in [-0.3, -0.25) is 10.1 Å². The molecule has 0 atom stereocenters. The second-order valence-electron chi connectivity index (χ2n) is 4.24. The third-order valence-corrected chi connectivity index (χ3v) is 2.52. The van der Waals surface area contributed by atoms with Crippen LogP contribution in [0.15, 0.2) is 24.3 Å². The molecule has 23 heavy (non-hydrogen) atoms. The Bertz CT molecular complexity index is 616. The molecule has 0 fully saturated rings. The van der Waals surface area contributed by atoms with Gasteiger partial charge in [0, 0.05) is 12.6 Å². The molecular weight excluding hydrogens is 307 g/mol. The van der Waals surface area contributed by atoms with Gasteiger partial charge >= 0.3 is 12.0 Å². The van der Waals surface area contributed by atoms with E-state index >= 15 is 0 Å². The van der Waals surface area contributed by atoms with Crippen molar-refractivity contribution in [2.45, 2.75) is 6.92 Å². The van der Waals surface area contributed by atoms with Crippen LogP contribution in [-0.2, 0) is 14.3 Å². The maximum Gasteiger partial charge on any atom is 0.331 e. The number of imide groups is 1. The number of nitrogens with one attached hydrogen (secondary N) is 2. The van der Waals surface area contributed by atoms with Gasteiger partial charge in [0.25, 0.3) is 5.91 Å². The summed E-state index contributed by atoms with van der Waals surface area (Å²) < 4.78 is 22.9. The van der Waals surface area contributed by atoms with Crippen LogP contribution >= 0.6 is 0 Å². The van der Waals surface area contributed by atoms with Gasteiger partial charge in [0.05, 0.1) is 7.11 Å². The zero-order valence-corrected chi connectivity index (χ0v) is 12.7. The van der Waals surface area contributed by atoms with Gasteiger partial charge in [-0.15, -0.1) is 0 Å². The van der Waals surface area contributed by atoms with E-state index in [4.69, 9.17) is 4.74 Å². The number of halogens is 1. The quantitative estimate of drug-likeness (QED) is 0.606. The molecule has 1 aromatic rings. The number of ether oxygens (including phenoxy) is 2. The van der Waals surface area contributed by atoms with Crippen LogP contribution in [-0.4, -0.2) is 38.2 Å². The van der Waals surface area contributed by atoms with Crippen molar-refractivity contribution < 1.29 is 28.2 Å². The van der Waals surface area contributed by atoms with Crippen molar-refractivity contribution in [1.29, 1.82) is 0 Å². The second-order valence-corrected chi connectivity index (χ2v) is 4.24. The molecule has 2 N–H and O–H groups in total. The van der Waals surface area contributed by atoms with Crippen LogP contribution in [0.4, 0.5) is 9.18 Å². The van der Waals surface area contributed by atoms with Crippen LogP contribution in [0.25, 0.3) is 6.08 Å². The predicted octanol–water partition coefficient (Wildman–Crippen LogP) is 1.24. The number of amides is 3. The molecule has 0 heterocycles. The summed E-state index contributed by atoms with van der Waals surface area (Å²) >= 11 is 0. The summed E-state index contributed by atoms with van der Waals surface area (Å²) in [4.78, 5) is 33.8. The highest BCUT2D eigenvalue weighted by Crippen LogP contribution is 2.18. The Morgan fingerprint density at radius 1 is 1.30 bits per heavy atom. The van der Waals surface area contributed by atoms with E-state index in [1.165, 1.54) is 25.3 Å². The summed E-state index contributed by atoms with van der Waals surface area (Å²) in [6.45, 7) is 1.45. The van der Waals surface area contributed by atoms with Crippen molar-refractivity contribution in [3.63, 3.8) is 0 Å². The Hall–Kier alpha value is -2.90. The van der Waals surface area contributed by atoms with E-state index in [-0.39, 0.29) is 5.75 Å². The van der Waals surface area contributed by atoms with Crippen LogP contribution in [0.3, 0.4) is 0 Å². The molecular formula is C15H17FN2O5. The molecule has 0 bridgehead atoms. The van der Waals surface area contributed by atoms with Gasteiger partial charge in [-0.05, 0) is 30.7 Å². The Balaban J connectivity index is 2.45. The first-order valence-corrected chi connectivity index (χ1v) is 6.72. The first kappa shape index (κ1) is 18.1. The lowest BCUT2D eigenvalue weighted by molar-refractivity contribution is -0.143. The van der Waals surface area contributed by atoms with Crippen molar-refractivity contribution in [3.8, 4) is 5.75 Å². The summed E-state index contributed by atoms with van der Waals surface area (Å²) in [5.41, 5.74) is 0.423. The number of hydrogen-bond donors (Lipinski definition) is 2. The predicted molar refractivity (Wildman–Crippen MR) is 80.2 cm³/mol. The molecule has 1 rings (SSSR count). The van der Waals surface area contributed by atoms with E-state index in [9.17, 15) is 18.8 Å². The number of esters is 1. The number of carbonyl (C=O) groups is 3. The molecule has 3 amide bonds. The maximum atomic E-state index is 13.4. The average Bonchev–Trinajstić information content (AvgIpc) is 2.51. The highest BCUT2D eigenvalue weighted by atomic mass is 19.1. The topological polar surface area (TPSA) is 93.7 Å². The summed E-state index contributed by atoms with van der Waals surface area (Å²) in [5, 5.41) is 4.33. The van der Waals surface area contributed by atoms with Crippen molar-refractivity contribution >= 4 is 24.0 Å². The Kier molecular flexibility index (Phi) is 7.25. The molecule has 0 saturated carbocycles. The van der Waals surface area contributed by atoms with Crippen LogP contribution in [0.2, 0.25) is 0 Å². The lowest BCUT2D eigenvalue weighted by Gasteiger charge is -2.04. The maximum absolute atomic E-state index is 13.4. The lowest BCUT2D eigenvalue weighted by Crippen LogP contribution is -2.41. The molecule has 1 aromatic carbocycles. The van der Waals surface area contributed by atoms with E-state index in [2.05, 4.69) is 10.1 Å². The molecule has 0 aliphatic heterocycles. The van der Waals surface area contributed by atoms with Crippen molar-refractivity contribution in [1.82, 2.24) is 10.6 Å². The Labute approximate surface area is 132 Å². The highest BCUT2D eigenvalue weighted by molar-refractivity contribution is 5.96. The van der Waals surface area contributed by atoms with E-state index in [0.717, 1.165) is 6.08 Å². The van der Waals surface area contributed by atoms with Gasteiger partial charge < -0.3 is 14.8 Å². The van der Waals surface area contributed by atoms with E-state index in [1.807, 2.05) is 5.32 Å². The van der Waals surface area contributed by atoms with E-state index in [0.29, 0.717) is 12.1 Å². The SMILES string of the molecule is CCNC(=O)NC(=O)COC(=O)/C=C/c1ccc(OC)c(F)c1. The number of rotatable bonds is 6. The molecule has 0 radical (unpaired) electrons. The fourth-order valence-electron chi connectivity index (χ4n) is 1.50. The van der Waals surface area contributed by atoms with Crippen LogP contribution in [0, 0.1) is 5.82 Å². The average molecular weight is 324 g/mol. The number of urea groups is 1. The van der Waals surface area contributed by atoms with Crippen LogP contribution in [0.1, 0.15) is 12.5 Å². The summed E-state index contributed by atoms with van der Waals surface area (Å²) in [6.07, 6.45) is 2.37. The fourth-order valence-corrected chi connectivity index (χ4v) is 1.50. The molecule has 7 nitrogen and oxygen atoms in total. The molecule has 0 saturated heterocycles. The number of methoxy groups -OCH3 is 1. The monoisotopic (exact) mass is 324 g/mol. The normalized spacial score (nSPS) is 10.2. The third kappa shape index (κ3) is 6.60. The van der Waals surface area contributed by atoms with Gasteiger partial charge in [0.1, 0.15) is 0 Å². The highest BCUT2D eigenvalue weighted by Gasteiger charge is 2.08. The van der Waals surface area contributed by atoms with E-state index in [1.54, 1.807) is 13.0 Å². The number of hydrogen-bond acceptors (Lipinski definition) is 5. The minimum absolute atomic E-state index is 0.0896. The Morgan fingerprint density at radius 2 is 2.04 bits per heavy atom. The van der Waals surface area contributed by atoms with Crippen LogP contribution < -0.4 is 15.4 Å². The molecule has 0 aliphatic rings. The molecule has 0 spiro atoms. The van der Waals surface area contributed by atoms with Gasteiger partial charge in [-0.2, -0.15) is 0 Å². The summed E-state index contributed by atoms with van der Waals surface area (Å²) in [5.74, 6) is -2.03. The molecule has 0 aromatic heterocycles. The molecule has 0 aliphatic carbocycles. The first-order valence-electron chi connectivity index (χ1n) is 6.72. The van der Waals surface area contributed by atoms with Gasteiger partial charge in [-0.1, -0.05) is 6.07 Å². The molecule has 8 heteroatoms. The zero-order valence-electron chi connectivity index (χ0n) is 12.7. The van der Waals surface area contributed by atoms with Gasteiger partial charge in [0.15, 0.2) is 18.2 Å². The summed E-state index contributed by atoms with van der Waals surface area (Å²) in [6, 6.07) is 3.48. The minimum Gasteiger partial charge on any atom is -0.494 e. The van der Waals surface area contributed by atoms with Gasteiger partial charge in [-0.25, -0.2) is 14.0 Å². The second kappa shape index (κ2) is 9.19. The lowest BCUT2D eigenvalue weighted by atomic mass is 10.2. The standard InChI is InChI=1S/C15H17FN2O5/c1-3-17-15(21)18-13(19)9-23-14(20)7-5-10-4-6-12(22-2)11(16)8-10/h4-8H,3,9H2,1-2H3,(H2,17,18,19,21)/b7-5+. The molecule has 0 unspecified atom stereocenters. The van der Waals surface area contributed by atoms with Gasteiger partial charge in [0.2, 0.25) is 0 Å². The molecule has 124 valence electrons.